The Bertz CT molecular complexity index is 1190. The molecule has 1 saturated heterocycles. The highest BCUT2D eigenvalue weighted by Gasteiger charge is 2.34. The van der Waals surface area contributed by atoms with Crippen LogP contribution >= 0.6 is 11.8 Å². The maximum Gasteiger partial charge on any atom is 0.335 e. The van der Waals surface area contributed by atoms with Crippen LogP contribution < -0.4 is 0 Å². The van der Waals surface area contributed by atoms with Gasteiger partial charge in [-0.05, 0) is 54.1 Å². The summed E-state index contributed by atoms with van der Waals surface area (Å²) in [5.74, 6) is 0.369. The highest BCUT2D eigenvalue weighted by Crippen LogP contribution is 2.35. The molecule has 0 aliphatic carbocycles. The minimum atomic E-state index is -0.975. The third-order valence-electron chi connectivity index (χ3n) is 4.73. The number of hydrogen-bond donors (Lipinski definition) is 1. The number of amidine groups is 1. The van der Waals surface area contributed by atoms with Crippen molar-refractivity contribution in [1.29, 1.82) is 0 Å². The van der Waals surface area contributed by atoms with Gasteiger partial charge in [0.15, 0.2) is 5.17 Å². The predicted molar refractivity (Wildman–Crippen MR) is 127 cm³/mol. The largest absolute Gasteiger partial charge is 0.478 e. The molecule has 1 fully saturated rings. The normalized spacial score (nSPS) is 16.5. The number of carbonyl (C=O) groups is 2. The van der Waals surface area contributed by atoms with E-state index in [9.17, 15) is 9.59 Å². The number of carboxylic acid groups (broad SMARTS) is 1. The molecule has 0 spiro atoms. The van der Waals surface area contributed by atoms with Gasteiger partial charge in [-0.15, -0.1) is 0 Å². The lowest BCUT2D eigenvalue weighted by Gasteiger charge is -2.17. The van der Waals surface area contributed by atoms with Gasteiger partial charge in [0.1, 0.15) is 11.5 Å². The molecule has 0 atom stereocenters. The van der Waals surface area contributed by atoms with Crippen molar-refractivity contribution in [3.05, 3.63) is 83.0 Å². The molecule has 7 heteroatoms. The van der Waals surface area contributed by atoms with Crippen molar-refractivity contribution in [1.82, 2.24) is 4.90 Å². The van der Waals surface area contributed by atoms with Crippen molar-refractivity contribution < 1.29 is 19.1 Å². The third-order valence-corrected chi connectivity index (χ3v) is 5.74. The van der Waals surface area contributed by atoms with Crippen LogP contribution in [0.15, 0.2) is 81.0 Å². The van der Waals surface area contributed by atoms with E-state index < -0.39 is 5.97 Å². The minimum absolute atomic E-state index is 0.0952. The molecule has 3 aromatic rings. The molecule has 1 aliphatic heterocycles. The van der Waals surface area contributed by atoms with Crippen LogP contribution in [0.2, 0.25) is 0 Å². The van der Waals surface area contributed by atoms with E-state index in [-0.39, 0.29) is 11.5 Å². The predicted octanol–water partition coefficient (Wildman–Crippen LogP) is 5.90. The van der Waals surface area contributed by atoms with Crippen molar-refractivity contribution in [2.24, 2.45) is 10.9 Å². The number of benzene rings is 2. The molecule has 0 saturated carbocycles. The van der Waals surface area contributed by atoms with Gasteiger partial charge in [-0.3, -0.25) is 9.69 Å². The van der Waals surface area contributed by atoms with Crippen LogP contribution in [0.4, 0.5) is 5.69 Å². The first-order valence-corrected chi connectivity index (χ1v) is 11.0. The van der Waals surface area contributed by atoms with Crippen LogP contribution in [0.5, 0.6) is 0 Å². The smallest absolute Gasteiger partial charge is 0.335 e. The van der Waals surface area contributed by atoms with Crippen LogP contribution in [-0.2, 0) is 4.79 Å². The average Bonchev–Trinajstić information content (AvgIpc) is 3.35. The number of para-hydroxylation sites is 1. The van der Waals surface area contributed by atoms with Gasteiger partial charge < -0.3 is 9.52 Å². The van der Waals surface area contributed by atoms with E-state index in [1.165, 1.54) is 23.9 Å². The van der Waals surface area contributed by atoms with E-state index in [2.05, 4.69) is 18.8 Å². The summed E-state index contributed by atoms with van der Waals surface area (Å²) >= 11 is 1.33. The number of amides is 1. The summed E-state index contributed by atoms with van der Waals surface area (Å²) in [5, 5.41) is 9.70. The van der Waals surface area contributed by atoms with Crippen LogP contribution in [0.1, 0.15) is 30.0 Å². The number of aliphatic imine (C=N–C) groups is 1. The SMILES string of the molecule is CC(C)CN1C(=O)C(=Cc2ccc(-c3ccc(C(=O)O)cc3)o2)SC1=Nc1ccccc1. The van der Waals surface area contributed by atoms with E-state index >= 15 is 0 Å². The molecule has 0 radical (unpaired) electrons. The zero-order valence-corrected chi connectivity index (χ0v) is 18.5. The van der Waals surface area contributed by atoms with Crippen LogP contribution in [-0.4, -0.2) is 33.6 Å². The Morgan fingerprint density at radius 1 is 1.09 bits per heavy atom. The molecule has 1 aromatic heterocycles. The quantitative estimate of drug-likeness (QED) is 0.476. The third kappa shape index (κ3) is 4.84. The van der Waals surface area contributed by atoms with Crippen molar-refractivity contribution in [2.45, 2.75) is 13.8 Å². The number of hydrogen-bond acceptors (Lipinski definition) is 5. The highest BCUT2D eigenvalue weighted by atomic mass is 32.2. The highest BCUT2D eigenvalue weighted by molar-refractivity contribution is 8.18. The molecule has 4 rings (SSSR count). The lowest BCUT2D eigenvalue weighted by atomic mass is 10.1. The number of nitrogens with zero attached hydrogens (tertiary/aromatic N) is 2. The van der Waals surface area contributed by atoms with E-state index in [4.69, 9.17) is 9.52 Å². The molecule has 2 aromatic carbocycles. The molecule has 162 valence electrons. The van der Waals surface area contributed by atoms with Crippen molar-refractivity contribution in [3.63, 3.8) is 0 Å². The molecular weight excluding hydrogens is 424 g/mol. The molecule has 1 amide bonds. The zero-order chi connectivity index (χ0) is 22.7. The van der Waals surface area contributed by atoms with Gasteiger partial charge in [-0.1, -0.05) is 44.2 Å². The van der Waals surface area contributed by atoms with Crippen LogP contribution in [0.3, 0.4) is 0 Å². The Labute approximate surface area is 190 Å². The molecule has 1 N–H and O–H groups in total. The fraction of sp³-hybridized carbons (Fsp3) is 0.160. The number of carboxylic acids is 1. The summed E-state index contributed by atoms with van der Waals surface area (Å²) in [6, 6.07) is 19.6. The summed E-state index contributed by atoms with van der Waals surface area (Å²) in [4.78, 5) is 31.0. The second-order valence-corrected chi connectivity index (χ2v) is 8.74. The van der Waals surface area contributed by atoms with Gasteiger partial charge in [0, 0.05) is 18.2 Å². The van der Waals surface area contributed by atoms with Crippen LogP contribution in [0, 0.1) is 5.92 Å². The Hall–Kier alpha value is -3.58. The minimum Gasteiger partial charge on any atom is -0.478 e. The Kier molecular flexibility index (Phi) is 6.28. The van der Waals surface area contributed by atoms with E-state index in [0.29, 0.717) is 34.1 Å². The molecule has 2 heterocycles. The Morgan fingerprint density at radius 2 is 1.81 bits per heavy atom. The Balaban J connectivity index is 1.60. The van der Waals surface area contributed by atoms with Gasteiger partial charge in [-0.25, -0.2) is 9.79 Å². The van der Waals surface area contributed by atoms with Crippen molar-refractivity contribution in [2.75, 3.05) is 6.54 Å². The van der Waals surface area contributed by atoms with E-state index in [1.807, 2.05) is 30.3 Å². The summed E-state index contributed by atoms with van der Waals surface area (Å²) in [6.45, 7) is 4.70. The standard InChI is InChI=1S/C25H22N2O4S/c1-16(2)15-27-23(28)22(32-25(27)26-19-6-4-3-5-7-19)14-20-12-13-21(31-20)17-8-10-18(11-9-17)24(29)30/h3-14,16H,15H2,1-2H3,(H,29,30). The maximum absolute atomic E-state index is 13.1. The molecule has 32 heavy (non-hydrogen) atoms. The first-order chi connectivity index (χ1) is 15.4. The molecule has 6 nitrogen and oxygen atoms in total. The summed E-state index contributed by atoms with van der Waals surface area (Å²) in [7, 11) is 0. The molecule has 0 bridgehead atoms. The number of furan rings is 1. The van der Waals surface area contributed by atoms with Crippen molar-refractivity contribution >= 4 is 40.6 Å². The Morgan fingerprint density at radius 3 is 2.47 bits per heavy atom. The van der Waals surface area contributed by atoms with Gasteiger partial charge in [-0.2, -0.15) is 0 Å². The first kappa shape index (κ1) is 21.6. The molecule has 1 aliphatic rings. The van der Waals surface area contributed by atoms with Gasteiger partial charge >= 0.3 is 5.97 Å². The lowest BCUT2D eigenvalue weighted by molar-refractivity contribution is -0.122. The van der Waals surface area contributed by atoms with E-state index in [1.54, 1.807) is 35.2 Å². The second kappa shape index (κ2) is 9.28. The fourth-order valence-electron chi connectivity index (χ4n) is 3.22. The average molecular weight is 447 g/mol. The zero-order valence-electron chi connectivity index (χ0n) is 17.7. The summed E-state index contributed by atoms with van der Waals surface area (Å²) < 4.78 is 5.90. The first-order valence-electron chi connectivity index (χ1n) is 10.2. The number of rotatable bonds is 6. The fourth-order valence-corrected chi connectivity index (χ4v) is 4.21. The monoisotopic (exact) mass is 446 g/mol. The summed E-state index contributed by atoms with van der Waals surface area (Å²) in [5.41, 5.74) is 1.77. The van der Waals surface area contributed by atoms with Gasteiger partial charge in [0.25, 0.3) is 5.91 Å². The molecular formula is C25H22N2O4S. The maximum atomic E-state index is 13.1. The number of thioether (sulfide) groups is 1. The summed E-state index contributed by atoms with van der Waals surface area (Å²) in [6.07, 6.45) is 1.73. The lowest BCUT2D eigenvalue weighted by Crippen LogP contribution is -2.32. The number of aromatic carboxylic acids is 1. The number of carbonyl (C=O) groups excluding carboxylic acids is 1. The van der Waals surface area contributed by atoms with Crippen LogP contribution in [0.25, 0.3) is 17.4 Å². The van der Waals surface area contributed by atoms with Crippen molar-refractivity contribution in [3.8, 4) is 11.3 Å². The topological polar surface area (TPSA) is 83.1 Å². The van der Waals surface area contributed by atoms with Gasteiger partial charge in [0.2, 0.25) is 0 Å². The molecule has 0 unspecified atom stereocenters. The van der Waals surface area contributed by atoms with E-state index in [0.717, 1.165) is 11.3 Å². The second-order valence-electron chi connectivity index (χ2n) is 7.73. The van der Waals surface area contributed by atoms with Gasteiger partial charge in [0.05, 0.1) is 16.2 Å².